The van der Waals surface area contributed by atoms with Gasteiger partial charge in [0, 0.05) is 5.41 Å². The Hall–Kier alpha value is -7.28. The van der Waals surface area contributed by atoms with Crippen LogP contribution in [0.1, 0.15) is 47.2 Å². The Morgan fingerprint density at radius 2 is 0.700 bits per heavy atom. The lowest BCUT2D eigenvalue weighted by atomic mass is 9.55. The molecule has 0 N–H and O–H groups in total. The molecule has 60 heavy (non-hydrogen) atoms. The van der Waals surface area contributed by atoms with E-state index in [9.17, 15) is 0 Å². The fourth-order valence-corrected chi connectivity index (χ4v) is 11.5. The molecule has 11 aromatic rings. The first-order chi connectivity index (χ1) is 29.5. The third-order valence-electron chi connectivity index (χ3n) is 14.3. The maximum atomic E-state index is 2.58. The number of hydrogen-bond donors (Lipinski definition) is 0. The number of benzene rings is 11. The number of fused-ring (bicyclic) bond motifs is 17. The summed E-state index contributed by atoms with van der Waals surface area (Å²) in [6.07, 6.45) is 0. The summed E-state index contributed by atoms with van der Waals surface area (Å²) in [6.45, 7) is 4.82. The van der Waals surface area contributed by atoms with Gasteiger partial charge in [-0.25, -0.2) is 0 Å². The molecule has 0 heteroatoms. The minimum absolute atomic E-state index is 0.183. The number of rotatable bonds is 2. The van der Waals surface area contributed by atoms with Crippen LogP contribution in [0.15, 0.2) is 206 Å². The van der Waals surface area contributed by atoms with Crippen molar-refractivity contribution in [3.05, 3.63) is 240 Å². The molecule has 0 saturated heterocycles. The maximum Gasteiger partial charge on any atom is 0.0720 e. The van der Waals surface area contributed by atoms with E-state index in [-0.39, 0.29) is 5.41 Å². The van der Waals surface area contributed by atoms with Crippen LogP contribution in [0, 0.1) is 0 Å². The second kappa shape index (κ2) is 12.1. The van der Waals surface area contributed by atoms with E-state index < -0.39 is 5.41 Å². The Labute approximate surface area is 350 Å². The standard InChI is InChI=1S/C60H40/c1-59(2)52-19-9-11-21-54(52)60(55-22-12-10-20-53(55)59)56-35-42(41-29-27-39-25-23-37-13-3-5-15-44(37)49(39)33-41)31-32-48(56)58-47-18-8-7-17-46(47)51(36-57(58)60)43-30-28-40-26-24-38-14-4-6-16-45(38)50(40)34-43/h3-36H,1-2H3. The third-order valence-corrected chi connectivity index (χ3v) is 14.3. The predicted molar refractivity (Wildman–Crippen MR) is 254 cm³/mol. The molecule has 0 bridgehead atoms. The summed E-state index contributed by atoms with van der Waals surface area (Å²) in [7, 11) is 0. The van der Waals surface area contributed by atoms with E-state index in [4.69, 9.17) is 0 Å². The molecule has 11 aromatic carbocycles. The quantitative estimate of drug-likeness (QED) is 0.154. The highest BCUT2D eigenvalue weighted by atomic mass is 14.5. The van der Waals surface area contributed by atoms with Crippen LogP contribution >= 0.6 is 0 Å². The Morgan fingerprint density at radius 1 is 0.267 bits per heavy atom. The van der Waals surface area contributed by atoms with Crippen molar-refractivity contribution in [3.63, 3.8) is 0 Å². The summed E-state index contributed by atoms with van der Waals surface area (Å²) in [4.78, 5) is 0. The molecule has 13 rings (SSSR count). The van der Waals surface area contributed by atoms with Gasteiger partial charge in [-0.3, -0.25) is 0 Å². The van der Waals surface area contributed by atoms with Crippen molar-refractivity contribution < 1.29 is 0 Å². The van der Waals surface area contributed by atoms with E-state index in [1.165, 1.54) is 121 Å². The lowest BCUT2D eigenvalue weighted by molar-refractivity contribution is 0.563. The Bertz CT molecular complexity index is 3590. The van der Waals surface area contributed by atoms with Gasteiger partial charge in [-0.1, -0.05) is 196 Å². The SMILES string of the molecule is CC1(C)c2ccccc2C2(c3cc(-c4ccc5ccc6ccccc6c5c4)ccc3-c3c2cc(-c2ccc4ccc5ccccc5c4c2)c2ccccc32)c2ccccc21. The van der Waals surface area contributed by atoms with Crippen LogP contribution in [-0.2, 0) is 10.8 Å². The first-order valence-corrected chi connectivity index (χ1v) is 21.2. The third kappa shape index (κ3) is 4.40. The summed E-state index contributed by atoms with van der Waals surface area (Å²) in [6, 6.07) is 78.4. The van der Waals surface area contributed by atoms with Gasteiger partial charge in [-0.15, -0.1) is 0 Å². The molecule has 0 fully saturated rings. The first kappa shape index (κ1) is 33.7. The average molecular weight is 761 g/mol. The second-order valence-corrected chi connectivity index (χ2v) is 17.6. The van der Waals surface area contributed by atoms with Crippen molar-refractivity contribution in [3.8, 4) is 33.4 Å². The lowest BCUT2D eigenvalue weighted by Crippen LogP contribution is -2.40. The lowest BCUT2D eigenvalue weighted by Gasteiger charge is -2.46. The monoisotopic (exact) mass is 760 g/mol. The van der Waals surface area contributed by atoms with Crippen LogP contribution in [-0.4, -0.2) is 0 Å². The van der Waals surface area contributed by atoms with Crippen LogP contribution < -0.4 is 0 Å². The minimum atomic E-state index is -0.546. The van der Waals surface area contributed by atoms with Crippen molar-refractivity contribution in [2.75, 3.05) is 0 Å². The highest BCUT2D eigenvalue weighted by Gasteiger charge is 2.54. The summed E-state index contributed by atoms with van der Waals surface area (Å²) in [5, 5.41) is 12.8. The van der Waals surface area contributed by atoms with E-state index in [1.54, 1.807) is 0 Å². The first-order valence-electron chi connectivity index (χ1n) is 21.2. The molecular formula is C60H40. The van der Waals surface area contributed by atoms with E-state index in [1.807, 2.05) is 0 Å². The fraction of sp³-hybridized carbons (Fsp3) is 0.0667. The van der Waals surface area contributed by atoms with Crippen molar-refractivity contribution in [1.82, 2.24) is 0 Å². The van der Waals surface area contributed by atoms with Gasteiger partial charge in [0.15, 0.2) is 0 Å². The van der Waals surface area contributed by atoms with Gasteiger partial charge in [0.05, 0.1) is 5.41 Å². The molecule has 0 nitrogen and oxygen atoms in total. The van der Waals surface area contributed by atoms with E-state index in [0.717, 1.165) is 0 Å². The summed E-state index contributed by atoms with van der Waals surface area (Å²) in [5.74, 6) is 0. The van der Waals surface area contributed by atoms with Crippen LogP contribution in [0.2, 0.25) is 0 Å². The second-order valence-electron chi connectivity index (χ2n) is 17.6. The molecule has 0 amide bonds. The Balaban J connectivity index is 1.15. The zero-order valence-corrected chi connectivity index (χ0v) is 33.6. The van der Waals surface area contributed by atoms with Crippen molar-refractivity contribution >= 4 is 53.9 Å². The molecule has 280 valence electrons. The van der Waals surface area contributed by atoms with E-state index in [2.05, 4.69) is 220 Å². The molecule has 1 spiro atoms. The average Bonchev–Trinajstić information content (AvgIpc) is 3.60. The molecular weight excluding hydrogens is 721 g/mol. The molecule has 0 aliphatic heterocycles. The highest BCUT2D eigenvalue weighted by molar-refractivity contribution is 6.14. The Morgan fingerprint density at radius 3 is 1.32 bits per heavy atom. The van der Waals surface area contributed by atoms with Crippen LogP contribution in [0.25, 0.3) is 87.2 Å². The summed E-state index contributed by atoms with van der Waals surface area (Å²) < 4.78 is 0. The van der Waals surface area contributed by atoms with Crippen LogP contribution in [0.5, 0.6) is 0 Å². The van der Waals surface area contributed by atoms with Crippen LogP contribution in [0.4, 0.5) is 0 Å². The van der Waals surface area contributed by atoms with Gasteiger partial charge in [-0.2, -0.15) is 0 Å². The van der Waals surface area contributed by atoms with Gasteiger partial charge in [0.2, 0.25) is 0 Å². The summed E-state index contributed by atoms with van der Waals surface area (Å²) in [5.41, 5.74) is 15.2. The van der Waals surface area contributed by atoms with Gasteiger partial charge in [-0.05, 0) is 145 Å². The minimum Gasteiger partial charge on any atom is -0.0619 e. The Kier molecular flexibility index (Phi) is 6.81. The van der Waals surface area contributed by atoms with Gasteiger partial charge in [0.25, 0.3) is 0 Å². The van der Waals surface area contributed by atoms with Crippen molar-refractivity contribution in [2.45, 2.75) is 24.7 Å². The van der Waals surface area contributed by atoms with Crippen molar-refractivity contribution in [2.24, 2.45) is 0 Å². The topological polar surface area (TPSA) is 0 Å². The fourth-order valence-electron chi connectivity index (χ4n) is 11.5. The molecule has 2 aliphatic rings. The van der Waals surface area contributed by atoms with Gasteiger partial charge < -0.3 is 0 Å². The highest BCUT2D eigenvalue weighted by Crippen LogP contribution is 2.64. The molecule has 0 unspecified atom stereocenters. The van der Waals surface area contributed by atoms with Gasteiger partial charge >= 0.3 is 0 Å². The zero-order chi connectivity index (χ0) is 39.7. The molecule has 0 heterocycles. The van der Waals surface area contributed by atoms with Gasteiger partial charge in [0.1, 0.15) is 0 Å². The van der Waals surface area contributed by atoms with Crippen LogP contribution in [0.3, 0.4) is 0 Å². The summed E-state index contributed by atoms with van der Waals surface area (Å²) >= 11 is 0. The normalized spacial score (nSPS) is 14.4. The largest absolute Gasteiger partial charge is 0.0720 e. The molecule has 0 atom stereocenters. The molecule has 0 aromatic heterocycles. The smallest absolute Gasteiger partial charge is 0.0619 e. The molecule has 2 aliphatic carbocycles. The molecule has 0 radical (unpaired) electrons. The van der Waals surface area contributed by atoms with E-state index in [0.29, 0.717) is 0 Å². The maximum absolute atomic E-state index is 2.58. The predicted octanol–water partition coefficient (Wildman–Crippen LogP) is 15.8. The number of hydrogen-bond acceptors (Lipinski definition) is 0. The zero-order valence-electron chi connectivity index (χ0n) is 33.6. The van der Waals surface area contributed by atoms with E-state index >= 15 is 0 Å². The van der Waals surface area contributed by atoms with Crippen molar-refractivity contribution in [1.29, 1.82) is 0 Å². The molecule has 0 saturated carbocycles.